The summed E-state index contributed by atoms with van der Waals surface area (Å²) in [5.74, 6) is 0.481. The Balaban J connectivity index is 2.03. The second-order valence-electron chi connectivity index (χ2n) is 4.60. The van der Waals surface area contributed by atoms with Crippen LogP contribution in [0, 0.1) is 0 Å². The molecule has 0 fully saturated rings. The van der Waals surface area contributed by atoms with Crippen molar-refractivity contribution in [1.82, 2.24) is 5.32 Å². The molecule has 2 aromatic rings. The summed E-state index contributed by atoms with van der Waals surface area (Å²) in [6.45, 7) is 0.248. The molecular weight excluding hydrogens is 282 g/mol. The fraction of sp³-hybridized carbons (Fsp3) is 0.125. The van der Waals surface area contributed by atoms with Gasteiger partial charge in [0.05, 0.1) is 6.54 Å². The van der Waals surface area contributed by atoms with Crippen LogP contribution < -0.4 is 21.1 Å². The van der Waals surface area contributed by atoms with E-state index in [2.05, 4.69) is 10.6 Å². The molecule has 0 saturated carbocycles. The number of carbonyl (C=O) groups excluding carboxylic acids is 2. The van der Waals surface area contributed by atoms with E-state index < -0.39 is 5.91 Å². The highest BCUT2D eigenvalue weighted by Crippen LogP contribution is 2.23. The van der Waals surface area contributed by atoms with Gasteiger partial charge in [0, 0.05) is 11.3 Å². The Morgan fingerprint density at radius 1 is 1.09 bits per heavy atom. The fourth-order valence-corrected chi connectivity index (χ4v) is 1.82. The minimum atomic E-state index is -0.506. The summed E-state index contributed by atoms with van der Waals surface area (Å²) in [5.41, 5.74) is 6.29. The third kappa shape index (κ3) is 4.32. The van der Waals surface area contributed by atoms with E-state index in [9.17, 15) is 9.59 Å². The van der Waals surface area contributed by atoms with Crippen LogP contribution in [0.2, 0.25) is 0 Å². The van der Waals surface area contributed by atoms with Gasteiger partial charge < -0.3 is 21.1 Å². The molecule has 2 aromatic carbocycles. The first kappa shape index (κ1) is 15.5. The number of nitrogens with one attached hydrogen (secondary N) is 2. The molecule has 6 heteroatoms. The van der Waals surface area contributed by atoms with E-state index in [0.29, 0.717) is 22.7 Å². The number of hydrogen-bond donors (Lipinski definition) is 3. The van der Waals surface area contributed by atoms with Crippen molar-refractivity contribution in [3.8, 4) is 11.5 Å². The Bertz CT molecular complexity index is 669. The predicted molar refractivity (Wildman–Crippen MR) is 84.0 cm³/mol. The summed E-state index contributed by atoms with van der Waals surface area (Å²) >= 11 is 0. The van der Waals surface area contributed by atoms with Crippen molar-refractivity contribution in [1.29, 1.82) is 0 Å². The summed E-state index contributed by atoms with van der Waals surface area (Å²) < 4.78 is 5.64. The first-order valence-electron chi connectivity index (χ1n) is 6.71. The number of ether oxygens (including phenoxy) is 1. The molecule has 0 atom stereocenters. The van der Waals surface area contributed by atoms with Crippen molar-refractivity contribution >= 4 is 17.5 Å². The topological polar surface area (TPSA) is 93.4 Å². The van der Waals surface area contributed by atoms with Crippen LogP contribution in [0.3, 0.4) is 0 Å². The molecule has 4 N–H and O–H groups in total. The molecule has 0 aliphatic carbocycles. The lowest BCUT2D eigenvalue weighted by Crippen LogP contribution is -2.24. The maximum atomic E-state index is 11.4. The highest BCUT2D eigenvalue weighted by molar-refractivity contribution is 5.93. The van der Waals surface area contributed by atoms with Crippen molar-refractivity contribution in [2.75, 3.05) is 18.9 Å². The molecule has 0 spiro atoms. The van der Waals surface area contributed by atoms with Crippen LogP contribution in [0.5, 0.6) is 11.5 Å². The average Bonchev–Trinajstić information content (AvgIpc) is 2.50. The van der Waals surface area contributed by atoms with E-state index in [4.69, 9.17) is 10.5 Å². The maximum absolute atomic E-state index is 11.4. The van der Waals surface area contributed by atoms with E-state index in [1.807, 2.05) is 0 Å². The molecule has 6 nitrogen and oxygen atoms in total. The minimum absolute atomic E-state index is 0.120. The highest BCUT2D eigenvalue weighted by Gasteiger charge is 2.04. The lowest BCUT2D eigenvalue weighted by atomic mass is 10.2. The monoisotopic (exact) mass is 299 g/mol. The molecule has 2 rings (SSSR count). The number of nitrogens with two attached hydrogens (primary N) is 1. The van der Waals surface area contributed by atoms with Crippen LogP contribution in [0.1, 0.15) is 10.4 Å². The summed E-state index contributed by atoms with van der Waals surface area (Å²) in [7, 11) is 1.71. The second kappa shape index (κ2) is 7.24. The van der Waals surface area contributed by atoms with Gasteiger partial charge in [0.2, 0.25) is 11.8 Å². The van der Waals surface area contributed by atoms with Gasteiger partial charge in [-0.05, 0) is 49.5 Å². The third-order valence-electron chi connectivity index (χ3n) is 2.83. The number of hydrogen-bond acceptors (Lipinski definition) is 4. The number of amides is 2. The molecule has 114 valence electrons. The molecule has 0 aliphatic heterocycles. The molecule has 0 unspecified atom stereocenters. The molecule has 0 heterocycles. The summed E-state index contributed by atoms with van der Waals surface area (Å²) in [4.78, 5) is 22.6. The standard InChI is InChI=1S/C16H17N3O3/c1-18-10-15(20)19-12-5-7-13(8-6-12)22-14-4-2-3-11(9-14)16(17)21/h2-9,18H,10H2,1H3,(H2,17,21)(H,19,20). The fourth-order valence-electron chi connectivity index (χ4n) is 1.82. The van der Waals surface area contributed by atoms with Gasteiger partial charge >= 0.3 is 0 Å². The molecule has 0 aromatic heterocycles. The molecule has 0 bridgehead atoms. The number of likely N-dealkylation sites (N-methyl/N-ethyl adjacent to an activating group) is 1. The lowest BCUT2D eigenvalue weighted by molar-refractivity contribution is -0.115. The second-order valence-corrected chi connectivity index (χ2v) is 4.60. The highest BCUT2D eigenvalue weighted by atomic mass is 16.5. The summed E-state index contributed by atoms with van der Waals surface area (Å²) in [6, 6.07) is 13.6. The maximum Gasteiger partial charge on any atom is 0.248 e. The van der Waals surface area contributed by atoms with Gasteiger partial charge in [-0.1, -0.05) is 6.07 Å². The predicted octanol–water partition coefficient (Wildman–Crippen LogP) is 1.74. The molecule has 0 radical (unpaired) electrons. The van der Waals surface area contributed by atoms with Gasteiger partial charge in [-0.15, -0.1) is 0 Å². The average molecular weight is 299 g/mol. The zero-order chi connectivity index (χ0) is 15.9. The van der Waals surface area contributed by atoms with Gasteiger partial charge in [-0.3, -0.25) is 9.59 Å². The van der Waals surface area contributed by atoms with Crippen molar-refractivity contribution in [3.63, 3.8) is 0 Å². The van der Waals surface area contributed by atoms with Crippen LogP contribution in [0.15, 0.2) is 48.5 Å². The van der Waals surface area contributed by atoms with Crippen LogP contribution >= 0.6 is 0 Å². The molecule has 2 amide bonds. The smallest absolute Gasteiger partial charge is 0.248 e. The first-order valence-corrected chi connectivity index (χ1v) is 6.71. The van der Waals surface area contributed by atoms with Crippen LogP contribution in [-0.2, 0) is 4.79 Å². The Morgan fingerprint density at radius 3 is 2.45 bits per heavy atom. The largest absolute Gasteiger partial charge is 0.457 e. The SMILES string of the molecule is CNCC(=O)Nc1ccc(Oc2cccc(C(N)=O)c2)cc1. The van der Waals surface area contributed by atoms with Crippen molar-refractivity contribution in [2.45, 2.75) is 0 Å². The normalized spacial score (nSPS) is 10.0. The Kier molecular flexibility index (Phi) is 5.11. The number of rotatable bonds is 6. The Hall–Kier alpha value is -2.86. The van der Waals surface area contributed by atoms with Gasteiger partial charge in [-0.25, -0.2) is 0 Å². The van der Waals surface area contributed by atoms with Gasteiger partial charge in [0.25, 0.3) is 0 Å². The zero-order valence-electron chi connectivity index (χ0n) is 12.1. The first-order chi connectivity index (χ1) is 10.6. The minimum Gasteiger partial charge on any atom is -0.457 e. The quantitative estimate of drug-likeness (QED) is 0.757. The van der Waals surface area contributed by atoms with Crippen molar-refractivity contribution in [3.05, 3.63) is 54.1 Å². The van der Waals surface area contributed by atoms with Crippen molar-refractivity contribution in [2.24, 2.45) is 5.73 Å². The van der Waals surface area contributed by atoms with Crippen LogP contribution in [0.25, 0.3) is 0 Å². The Morgan fingerprint density at radius 2 is 1.82 bits per heavy atom. The van der Waals surface area contributed by atoms with Crippen LogP contribution in [-0.4, -0.2) is 25.4 Å². The summed E-state index contributed by atoms with van der Waals surface area (Å²) in [6.07, 6.45) is 0. The number of primary amides is 1. The van der Waals surface area contributed by atoms with Gasteiger partial charge in [0.1, 0.15) is 11.5 Å². The van der Waals surface area contributed by atoms with Crippen LogP contribution in [0.4, 0.5) is 5.69 Å². The summed E-state index contributed by atoms with van der Waals surface area (Å²) in [5, 5.41) is 5.51. The van der Waals surface area contributed by atoms with E-state index in [0.717, 1.165) is 0 Å². The lowest BCUT2D eigenvalue weighted by Gasteiger charge is -2.08. The van der Waals surface area contributed by atoms with E-state index in [-0.39, 0.29) is 12.5 Å². The van der Waals surface area contributed by atoms with Crippen molar-refractivity contribution < 1.29 is 14.3 Å². The molecule has 0 saturated heterocycles. The van der Waals surface area contributed by atoms with E-state index in [1.54, 1.807) is 55.6 Å². The number of anilines is 1. The molecular formula is C16H17N3O3. The van der Waals surface area contributed by atoms with Gasteiger partial charge in [-0.2, -0.15) is 0 Å². The van der Waals surface area contributed by atoms with E-state index >= 15 is 0 Å². The third-order valence-corrected chi connectivity index (χ3v) is 2.83. The number of carbonyl (C=O) groups is 2. The molecule has 22 heavy (non-hydrogen) atoms. The van der Waals surface area contributed by atoms with E-state index in [1.165, 1.54) is 0 Å². The van der Waals surface area contributed by atoms with Gasteiger partial charge in [0.15, 0.2) is 0 Å². The zero-order valence-corrected chi connectivity index (χ0v) is 12.1. The Labute approximate surface area is 128 Å². The molecule has 0 aliphatic rings. The number of benzene rings is 2.